The van der Waals surface area contributed by atoms with Gasteiger partial charge in [-0.05, 0) is 37.8 Å². The lowest BCUT2D eigenvalue weighted by atomic mass is 9.96. The standard InChI is InChI=1S/C21H31N3O2/c1-17(25)23-13-7-10-19(16-23)21(26)22-14-20-11-5-6-12-24(20)15-18-8-3-2-4-9-18/h2-4,8-9,19-20H,5-7,10-16H2,1H3,(H,22,26)/t19-,20+/m1/s1. The number of rotatable bonds is 5. The Kier molecular flexibility index (Phi) is 6.67. The van der Waals surface area contributed by atoms with Crippen molar-refractivity contribution in [2.24, 2.45) is 5.92 Å². The lowest BCUT2D eigenvalue weighted by Gasteiger charge is -2.36. The summed E-state index contributed by atoms with van der Waals surface area (Å²) in [5.74, 6) is 0.129. The molecular formula is C21H31N3O2. The molecule has 2 heterocycles. The predicted molar refractivity (Wildman–Crippen MR) is 102 cm³/mol. The average Bonchev–Trinajstić information content (AvgIpc) is 2.68. The normalized spacial score (nSPS) is 24.3. The Bertz CT molecular complexity index is 605. The molecule has 5 nitrogen and oxygen atoms in total. The predicted octanol–water partition coefficient (Wildman–Crippen LogP) is 2.42. The summed E-state index contributed by atoms with van der Waals surface area (Å²) >= 11 is 0. The van der Waals surface area contributed by atoms with Crippen molar-refractivity contribution >= 4 is 11.8 Å². The fourth-order valence-electron chi connectivity index (χ4n) is 4.16. The summed E-state index contributed by atoms with van der Waals surface area (Å²) in [5, 5.41) is 3.18. The molecule has 1 N–H and O–H groups in total. The van der Waals surface area contributed by atoms with E-state index in [1.54, 1.807) is 11.8 Å². The molecule has 0 saturated carbocycles. The van der Waals surface area contributed by atoms with Crippen LogP contribution in [0.2, 0.25) is 0 Å². The zero-order chi connectivity index (χ0) is 18.4. The van der Waals surface area contributed by atoms with Gasteiger partial charge in [-0.25, -0.2) is 0 Å². The van der Waals surface area contributed by atoms with Crippen molar-refractivity contribution in [2.75, 3.05) is 26.2 Å². The number of amides is 2. The van der Waals surface area contributed by atoms with Gasteiger partial charge in [-0.3, -0.25) is 14.5 Å². The maximum atomic E-state index is 12.6. The molecule has 0 unspecified atom stereocenters. The Balaban J connectivity index is 1.51. The molecular weight excluding hydrogens is 326 g/mol. The molecule has 2 saturated heterocycles. The van der Waals surface area contributed by atoms with Gasteiger partial charge >= 0.3 is 0 Å². The molecule has 142 valence electrons. The minimum absolute atomic E-state index is 0.0567. The fourth-order valence-corrected chi connectivity index (χ4v) is 4.16. The molecule has 2 aliphatic heterocycles. The van der Waals surface area contributed by atoms with E-state index >= 15 is 0 Å². The van der Waals surface area contributed by atoms with E-state index in [0.717, 1.165) is 38.9 Å². The van der Waals surface area contributed by atoms with Gasteiger partial charge in [-0.1, -0.05) is 36.8 Å². The van der Waals surface area contributed by atoms with Crippen LogP contribution in [-0.2, 0) is 16.1 Å². The third-order valence-corrected chi connectivity index (χ3v) is 5.73. The van der Waals surface area contributed by atoms with Crippen molar-refractivity contribution in [3.8, 4) is 0 Å². The van der Waals surface area contributed by atoms with Crippen LogP contribution in [0.5, 0.6) is 0 Å². The molecule has 2 amide bonds. The molecule has 2 fully saturated rings. The number of carbonyl (C=O) groups is 2. The first-order valence-electron chi connectivity index (χ1n) is 9.94. The summed E-state index contributed by atoms with van der Waals surface area (Å²) in [6.07, 6.45) is 5.40. The highest BCUT2D eigenvalue weighted by molar-refractivity contribution is 5.80. The van der Waals surface area contributed by atoms with E-state index in [1.807, 2.05) is 6.07 Å². The smallest absolute Gasteiger partial charge is 0.224 e. The summed E-state index contributed by atoms with van der Waals surface area (Å²) in [7, 11) is 0. The molecule has 0 aliphatic carbocycles. The van der Waals surface area contributed by atoms with Gasteiger partial charge in [0.15, 0.2) is 0 Å². The number of carbonyl (C=O) groups excluding carboxylic acids is 2. The van der Waals surface area contributed by atoms with Crippen LogP contribution in [0.15, 0.2) is 30.3 Å². The zero-order valence-corrected chi connectivity index (χ0v) is 15.8. The maximum Gasteiger partial charge on any atom is 0.224 e. The van der Waals surface area contributed by atoms with Crippen molar-refractivity contribution in [3.63, 3.8) is 0 Å². The average molecular weight is 357 g/mol. The van der Waals surface area contributed by atoms with E-state index < -0.39 is 0 Å². The Morgan fingerprint density at radius 3 is 2.65 bits per heavy atom. The van der Waals surface area contributed by atoms with Crippen LogP contribution in [-0.4, -0.2) is 53.8 Å². The van der Waals surface area contributed by atoms with Gasteiger partial charge in [0.05, 0.1) is 5.92 Å². The summed E-state index contributed by atoms with van der Waals surface area (Å²) in [6.45, 7) is 5.69. The van der Waals surface area contributed by atoms with Crippen LogP contribution in [0.1, 0.15) is 44.6 Å². The van der Waals surface area contributed by atoms with Crippen molar-refractivity contribution in [1.29, 1.82) is 0 Å². The Labute approximate surface area is 156 Å². The van der Waals surface area contributed by atoms with Crippen molar-refractivity contribution in [2.45, 2.75) is 51.6 Å². The van der Waals surface area contributed by atoms with E-state index in [-0.39, 0.29) is 17.7 Å². The topological polar surface area (TPSA) is 52.7 Å². The van der Waals surface area contributed by atoms with E-state index in [0.29, 0.717) is 19.1 Å². The van der Waals surface area contributed by atoms with E-state index in [4.69, 9.17) is 0 Å². The minimum Gasteiger partial charge on any atom is -0.354 e. The quantitative estimate of drug-likeness (QED) is 0.880. The highest BCUT2D eigenvalue weighted by Gasteiger charge is 2.28. The van der Waals surface area contributed by atoms with E-state index in [2.05, 4.69) is 34.5 Å². The van der Waals surface area contributed by atoms with Crippen LogP contribution in [0.25, 0.3) is 0 Å². The van der Waals surface area contributed by atoms with Crippen molar-refractivity contribution in [3.05, 3.63) is 35.9 Å². The maximum absolute atomic E-state index is 12.6. The molecule has 0 bridgehead atoms. The Morgan fingerprint density at radius 2 is 1.88 bits per heavy atom. The fraction of sp³-hybridized carbons (Fsp3) is 0.619. The molecule has 2 atom stereocenters. The van der Waals surface area contributed by atoms with Gasteiger partial charge in [-0.15, -0.1) is 0 Å². The molecule has 5 heteroatoms. The molecule has 3 rings (SSSR count). The summed E-state index contributed by atoms with van der Waals surface area (Å²) in [5.41, 5.74) is 1.33. The largest absolute Gasteiger partial charge is 0.354 e. The first kappa shape index (κ1) is 18.9. The molecule has 0 aromatic heterocycles. The lowest BCUT2D eigenvalue weighted by molar-refractivity contribution is -0.134. The van der Waals surface area contributed by atoms with Crippen LogP contribution >= 0.6 is 0 Å². The third-order valence-electron chi connectivity index (χ3n) is 5.73. The van der Waals surface area contributed by atoms with Gasteiger partial charge in [0.1, 0.15) is 0 Å². The van der Waals surface area contributed by atoms with Crippen LogP contribution in [0.3, 0.4) is 0 Å². The zero-order valence-electron chi connectivity index (χ0n) is 15.8. The summed E-state index contributed by atoms with van der Waals surface area (Å²) < 4.78 is 0. The monoisotopic (exact) mass is 357 g/mol. The third kappa shape index (κ3) is 5.07. The van der Waals surface area contributed by atoms with E-state index in [1.165, 1.54) is 18.4 Å². The number of nitrogens with zero attached hydrogens (tertiary/aromatic N) is 2. The highest BCUT2D eigenvalue weighted by Crippen LogP contribution is 2.20. The number of benzene rings is 1. The van der Waals surface area contributed by atoms with E-state index in [9.17, 15) is 9.59 Å². The van der Waals surface area contributed by atoms with Crippen LogP contribution < -0.4 is 5.32 Å². The molecule has 1 aromatic carbocycles. The summed E-state index contributed by atoms with van der Waals surface area (Å²) in [6, 6.07) is 11.0. The van der Waals surface area contributed by atoms with Gasteiger partial charge in [0.25, 0.3) is 0 Å². The molecule has 2 aliphatic rings. The molecule has 26 heavy (non-hydrogen) atoms. The van der Waals surface area contributed by atoms with Gasteiger partial charge in [-0.2, -0.15) is 0 Å². The second-order valence-corrected chi connectivity index (χ2v) is 7.66. The number of hydrogen-bond donors (Lipinski definition) is 1. The second-order valence-electron chi connectivity index (χ2n) is 7.66. The van der Waals surface area contributed by atoms with Crippen molar-refractivity contribution < 1.29 is 9.59 Å². The number of nitrogens with one attached hydrogen (secondary N) is 1. The second kappa shape index (κ2) is 9.17. The molecule has 0 spiro atoms. The molecule has 1 aromatic rings. The first-order chi connectivity index (χ1) is 12.6. The van der Waals surface area contributed by atoms with Gasteiger partial charge in [0, 0.05) is 39.1 Å². The minimum atomic E-state index is -0.0567. The first-order valence-corrected chi connectivity index (χ1v) is 9.94. The van der Waals surface area contributed by atoms with Crippen LogP contribution in [0.4, 0.5) is 0 Å². The SMILES string of the molecule is CC(=O)N1CCC[C@@H](C(=O)NC[C@@H]2CCCCN2Cc2ccccc2)C1. The van der Waals surface area contributed by atoms with Crippen LogP contribution in [0, 0.1) is 5.92 Å². The Hall–Kier alpha value is -1.88. The van der Waals surface area contributed by atoms with Gasteiger partial charge < -0.3 is 10.2 Å². The number of hydrogen-bond acceptors (Lipinski definition) is 3. The highest BCUT2D eigenvalue weighted by atomic mass is 16.2. The number of piperidine rings is 2. The van der Waals surface area contributed by atoms with Gasteiger partial charge in [0.2, 0.25) is 11.8 Å². The molecule has 0 radical (unpaired) electrons. The Morgan fingerprint density at radius 1 is 1.08 bits per heavy atom. The number of likely N-dealkylation sites (tertiary alicyclic amines) is 2. The lowest BCUT2D eigenvalue weighted by Crippen LogP contribution is -2.49. The van der Waals surface area contributed by atoms with Crippen molar-refractivity contribution in [1.82, 2.24) is 15.1 Å². The summed E-state index contributed by atoms with van der Waals surface area (Å²) in [4.78, 5) is 28.5.